The number of fused-ring (bicyclic) bond motifs is 1. The maximum atomic E-state index is 12.3. The fourth-order valence-electron chi connectivity index (χ4n) is 2.78. The molecule has 2 N–H and O–H groups in total. The molecular weight excluding hydrogens is 332 g/mol. The number of hydrogen-bond acceptors (Lipinski definition) is 4. The summed E-state index contributed by atoms with van der Waals surface area (Å²) in [6, 6.07) is 5.69. The average molecular weight is 353 g/mol. The second-order valence-electron chi connectivity index (χ2n) is 5.98. The number of amides is 2. The molecule has 0 spiro atoms. The first kappa shape index (κ1) is 18.1. The number of primary amides is 1. The quantitative estimate of drug-likeness (QED) is 0.888. The summed E-state index contributed by atoms with van der Waals surface area (Å²) in [5.74, 6) is -0.256. The van der Waals surface area contributed by atoms with Crippen LogP contribution in [0.2, 0.25) is 5.02 Å². The highest BCUT2D eigenvalue weighted by Crippen LogP contribution is 2.31. The van der Waals surface area contributed by atoms with Crippen molar-refractivity contribution in [3.8, 4) is 0 Å². The van der Waals surface area contributed by atoms with Gasteiger partial charge in [0.1, 0.15) is 17.4 Å². The van der Waals surface area contributed by atoms with Crippen molar-refractivity contribution in [2.24, 2.45) is 11.7 Å². The van der Waals surface area contributed by atoms with Crippen molar-refractivity contribution < 1.29 is 18.7 Å². The average Bonchev–Trinajstić information content (AvgIpc) is 2.93. The number of halogens is 1. The van der Waals surface area contributed by atoms with Crippen LogP contribution >= 0.6 is 11.6 Å². The fourth-order valence-corrected chi connectivity index (χ4v) is 2.96. The van der Waals surface area contributed by atoms with Gasteiger partial charge in [0.05, 0.1) is 13.2 Å². The number of carbonyl (C=O) groups is 2. The molecule has 1 aromatic heterocycles. The summed E-state index contributed by atoms with van der Waals surface area (Å²) in [6.07, 6.45) is -0.640. The Labute approximate surface area is 145 Å². The van der Waals surface area contributed by atoms with E-state index in [9.17, 15) is 9.59 Å². The number of benzene rings is 1. The van der Waals surface area contributed by atoms with Gasteiger partial charge >= 0.3 is 6.09 Å². The van der Waals surface area contributed by atoms with Gasteiger partial charge in [0, 0.05) is 10.4 Å². The molecule has 2 aromatic rings. The largest absolute Gasteiger partial charge is 0.459 e. The summed E-state index contributed by atoms with van der Waals surface area (Å²) < 4.78 is 10.7. The minimum atomic E-state index is -0.816. The Kier molecular flexibility index (Phi) is 5.39. The third-order valence-corrected chi connectivity index (χ3v) is 4.17. The highest BCUT2D eigenvalue weighted by Gasteiger charge is 2.37. The first-order chi connectivity index (χ1) is 11.3. The lowest BCUT2D eigenvalue weighted by Crippen LogP contribution is -2.51. The number of rotatable bonds is 5. The molecule has 0 fully saturated rings. The molecule has 7 heteroatoms. The van der Waals surface area contributed by atoms with Gasteiger partial charge in [-0.2, -0.15) is 0 Å². The lowest BCUT2D eigenvalue weighted by atomic mass is 10.00. The maximum Gasteiger partial charge on any atom is 0.410 e. The Morgan fingerprint density at radius 2 is 1.92 bits per heavy atom. The third kappa shape index (κ3) is 3.48. The standard InChI is InChI=1S/C17H21ClN2O4/c1-9(2)15(16(19)21)20(17(22)23-4)10(3)14-8-11-7-12(18)5-6-13(11)24-14/h5-10,15H,1-4H3,(H2,19,21)/t10?,15-/m0/s1. The smallest absolute Gasteiger partial charge is 0.410 e. The first-order valence-electron chi connectivity index (χ1n) is 7.60. The fraction of sp³-hybridized carbons (Fsp3) is 0.412. The van der Waals surface area contributed by atoms with Crippen LogP contribution in [0.15, 0.2) is 28.7 Å². The van der Waals surface area contributed by atoms with Crippen LogP contribution in [0.3, 0.4) is 0 Å². The van der Waals surface area contributed by atoms with Gasteiger partial charge in [-0.15, -0.1) is 0 Å². The minimum absolute atomic E-state index is 0.178. The van der Waals surface area contributed by atoms with Crippen molar-refractivity contribution >= 4 is 34.6 Å². The first-order valence-corrected chi connectivity index (χ1v) is 7.98. The molecule has 2 amide bonds. The Balaban J connectivity index is 2.47. The lowest BCUT2D eigenvalue weighted by molar-refractivity contribution is -0.125. The number of furan rings is 1. The van der Waals surface area contributed by atoms with E-state index in [1.165, 1.54) is 12.0 Å². The summed E-state index contributed by atoms with van der Waals surface area (Å²) in [4.78, 5) is 25.5. The van der Waals surface area contributed by atoms with E-state index >= 15 is 0 Å². The van der Waals surface area contributed by atoms with E-state index in [0.29, 0.717) is 16.4 Å². The SMILES string of the molecule is COC(=O)N(C(C)c1cc2cc(Cl)ccc2o1)[C@H](C(N)=O)C(C)C. The predicted molar refractivity (Wildman–Crippen MR) is 91.7 cm³/mol. The second kappa shape index (κ2) is 7.13. The van der Waals surface area contributed by atoms with Crippen LogP contribution < -0.4 is 5.73 Å². The van der Waals surface area contributed by atoms with E-state index in [4.69, 9.17) is 26.5 Å². The normalized spacial score (nSPS) is 13.8. The van der Waals surface area contributed by atoms with Gasteiger partial charge in [0.25, 0.3) is 0 Å². The molecule has 0 aliphatic heterocycles. The number of hydrogen-bond donors (Lipinski definition) is 1. The van der Waals surface area contributed by atoms with Crippen LogP contribution in [0.1, 0.15) is 32.6 Å². The topological polar surface area (TPSA) is 85.8 Å². The number of methoxy groups -OCH3 is 1. The molecular formula is C17H21ClN2O4. The van der Waals surface area contributed by atoms with E-state index < -0.39 is 24.1 Å². The van der Waals surface area contributed by atoms with Gasteiger partial charge in [0.15, 0.2) is 0 Å². The maximum absolute atomic E-state index is 12.3. The summed E-state index contributed by atoms with van der Waals surface area (Å²) in [5.41, 5.74) is 6.15. The molecule has 0 saturated heterocycles. The summed E-state index contributed by atoms with van der Waals surface area (Å²) in [5, 5.41) is 1.40. The minimum Gasteiger partial charge on any atom is -0.459 e. The van der Waals surface area contributed by atoms with E-state index in [-0.39, 0.29) is 5.92 Å². The van der Waals surface area contributed by atoms with Gasteiger partial charge in [0.2, 0.25) is 5.91 Å². The summed E-state index contributed by atoms with van der Waals surface area (Å²) in [6.45, 7) is 5.39. The van der Waals surface area contributed by atoms with Gasteiger partial charge in [-0.25, -0.2) is 4.79 Å². The van der Waals surface area contributed by atoms with Gasteiger partial charge < -0.3 is 14.9 Å². The molecule has 2 rings (SSSR count). The molecule has 0 saturated carbocycles. The zero-order valence-corrected chi connectivity index (χ0v) is 14.8. The molecule has 0 bridgehead atoms. The van der Waals surface area contributed by atoms with Crippen molar-refractivity contribution in [2.75, 3.05) is 7.11 Å². The van der Waals surface area contributed by atoms with Crippen LogP contribution in [-0.2, 0) is 9.53 Å². The highest BCUT2D eigenvalue weighted by molar-refractivity contribution is 6.31. The van der Waals surface area contributed by atoms with Crippen molar-refractivity contribution in [3.63, 3.8) is 0 Å². The Morgan fingerprint density at radius 3 is 2.46 bits per heavy atom. The van der Waals surface area contributed by atoms with Crippen LogP contribution in [0.25, 0.3) is 11.0 Å². The molecule has 0 radical (unpaired) electrons. The van der Waals surface area contributed by atoms with Crippen LogP contribution in [0, 0.1) is 5.92 Å². The van der Waals surface area contributed by atoms with Crippen LogP contribution in [-0.4, -0.2) is 30.1 Å². The van der Waals surface area contributed by atoms with E-state index in [1.54, 1.807) is 31.2 Å². The molecule has 130 valence electrons. The van der Waals surface area contributed by atoms with Crippen molar-refractivity contribution in [1.29, 1.82) is 0 Å². The zero-order valence-electron chi connectivity index (χ0n) is 14.1. The van der Waals surface area contributed by atoms with E-state index in [2.05, 4.69) is 0 Å². The summed E-state index contributed by atoms with van der Waals surface area (Å²) >= 11 is 5.99. The van der Waals surface area contributed by atoms with E-state index in [1.807, 2.05) is 13.8 Å². The monoisotopic (exact) mass is 352 g/mol. The van der Waals surface area contributed by atoms with Crippen LogP contribution in [0.5, 0.6) is 0 Å². The Morgan fingerprint density at radius 1 is 1.25 bits per heavy atom. The number of nitrogens with zero attached hydrogens (tertiary/aromatic N) is 1. The molecule has 1 unspecified atom stereocenters. The lowest BCUT2D eigenvalue weighted by Gasteiger charge is -2.34. The molecule has 0 aliphatic rings. The summed E-state index contributed by atoms with van der Waals surface area (Å²) in [7, 11) is 1.26. The number of carbonyl (C=O) groups excluding carboxylic acids is 2. The highest BCUT2D eigenvalue weighted by atomic mass is 35.5. The zero-order chi connectivity index (χ0) is 18.0. The van der Waals surface area contributed by atoms with Crippen LogP contribution in [0.4, 0.5) is 4.79 Å². The Bertz CT molecular complexity index is 756. The molecule has 1 heterocycles. The Hall–Kier alpha value is -2.21. The molecule has 24 heavy (non-hydrogen) atoms. The predicted octanol–water partition coefficient (Wildman–Crippen LogP) is 3.73. The molecule has 1 aromatic carbocycles. The van der Waals surface area contributed by atoms with Gasteiger partial charge in [-0.05, 0) is 37.1 Å². The van der Waals surface area contributed by atoms with Crippen molar-refractivity contribution in [1.82, 2.24) is 4.90 Å². The van der Waals surface area contributed by atoms with E-state index in [0.717, 1.165) is 5.39 Å². The van der Waals surface area contributed by atoms with Gasteiger partial charge in [-0.3, -0.25) is 9.69 Å². The molecule has 2 atom stereocenters. The molecule has 0 aliphatic carbocycles. The molecule has 6 nitrogen and oxygen atoms in total. The van der Waals surface area contributed by atoms with Gasteiger partial charge in [-0.1, -0.05) is 25.4 Å². The number of ether oxygens (including phenoxy) is 1. The second-order valence-corrected chi connectivity index (χ2v) is 6.41. The van der Waals surface area contributed by atoms with Crippen molar-refractivity contribution in [3.05, 3.63) is 35.0 Å². The number of nitrogens with two attached hydrogens (primary N) is 1. The van der Waals surface area contributed by atoms with Crippen molar-refractivity contribution in [2.45, 2.75) is 32.9 Å². The third-order valence-electron chi connectivity index (χ3n) is 3.93.